The maximum atomic E-state index is 3.49. The van der Waals surface area contributed by atoms with Gasteiger partial charge in [0.1, 0.15) is 0 Å². The van der Waals surface area contributed by atoms with Crippen molar-refractivity contribution >= 4 is 5.69 Å². The maximum Gasteiger partial charge on any atom is 0.0361 e. The molecule has 0 aliphatic carbocycles. The number of hydrogen-bond acceptors (Lipinski definition) is 2. The Kier molecular flexibility index (Phi) is 2.94. The minimum atomic E-state index is 0.375. The van der Waals surface area contributed by atoms with Crippen molar-refractivity contribution < 1.29 is 0 Å². The Balaban J connectivity index is 2.22. The molecule has 0 amide bonds. The molecule has 1 atom stereocenters. The van der Waals surface area contributed by atoms with E-state index in [0.29, 0.717) is 11.3 Å². The fraction of sp³-hybridized carbons (Fsp3) is 0.571. The third-order valence-corrected chi connectivity index (χ3v) is 3.68. The molecule has 0 saturated carbocycles. The highest BCUT2D eigenvalue weighted by Crippen LogP contribution is 2.38. The van der Waals surface area contributed by atoms with E-state index in [4.69, 9.17) is 0 Å². The summed E-state index contributed by atoms with van der Waals surface area (Å²) in [6.07, 6.45) is 0. The van der Waals surface area contributed by atoms with E-state index in [9.17, 15) is 0 Å². The molecule has 1 aliphatic rings. The lowest BCUT2D eigenvalue weighted by Gasteiger charge is -2.26. The number of anilines is 1. The average molecular weight is 218 g/mol. The molecule has 1 N–H and O–H groups in total. The van der Waals surface area contributed by atoms with Gasteiger partial charge in [-0.15, -0.1) is 0 Å². The summed E-state index contributed by atoms with van der Waals surface area (Å²) in [6.45, 7) is 6.91. The highest BCUT2D eigenvalue weighted by molar-refractivity contribution is 5.47. The Morgan fingerprint density at radius 1 is 1.19 bits per heavy atom. The van der Waals surface area contributed by atoms with Crippen LogP contribution in [-0.2, 0) is 0 Å². The Morgan fingerprint density at radius 3 is 2.25 bits per heavy atom. The highest BCUT2D eigenvalue weighted by Gasteiger charge is 2.35. The van der Waals surface area contributed by atoms with Gasteiger partial charge in [-0.2, -0.15) is 0 Å². The van der Waals surface area contributed by atoms with Crippen LogP contribution in [-0.4, -0.2) is 27.2 Å². The van der Waals surface area contributed by atoms with Crippen molar-refractivity contribution in [1.29, 1.82) is 0 Å². The summed E-state index contributed by atoms with van der Waals surface area (Å²) in [7, 11) is 4.16. The first-order valence-electron chi connectivity index (χ1n) is 5.99. The summed E-state index contributed by atoms with van der Waals surface area (Å²) in [5, 5.41) is 3.49. The zero-order valence-corrected chi connectivity index (χ0v) is 10.7. The molecule has 1 aromatic carbocycles. The SMILES string of the molecule is CN(C)c1ccc(C2CNCC2(C)C)cc1. The molecule has 88 valence electrons. The molecule has 1 aromatic rings. The molecule has 2 rings (SSSR count). The van der Waals surface area contributed by atoms with Crippen LogP contribution in [0, 0.1) is 5.41 Å². The van der Waals surface area contributed by atoms with Crippen LogP contribution in [0.5, 0.6) is 0 Å². The molecular weight excluding hydrogens is 196 g/mol. The van der Waals surface area contributed by atoms with Crippen LogP contribution in [0.4, 0.5) is 5.69 Å². The largest absolute Gasteiger partial charge is 0.378 e. The van der Waals surface area contributed by atoms with E-state index in [1.807, 2.05) is 0 Å². The quantitative estimate of drug-likeness (QED) is 0.820. The smallest absolute Gasteiger partial charge is 0.0361 e. The lowest BCUT2D eigenvalue weighted by Crippen LogP contribution is -2.20. The van der Waals surface area contributed by atoms with Crippen molar-refractivity contribution in [3.05, 3.63) is 29.8 Å². The molecule has 0 radical (unpaired) electrons. The van der Waals surface area contributed by atoms with E-state index in [2.05, 4.69) is 62.4 Å². The van der Waals surface area contributed by atoms with Gasteiger partial charge in [0.15, 0.2) is 0 Å². The monoisotopic (exact) mass is 218 g/mol. The van der Waals surface area contributed by atoms with Crippen LogP contribution in [0.25, 0.3) is 0 Å². The van der Waals surface area contributed by atoms with Crippen LogP contribution < -0.4 is 10.2 Å². The van der Waals surface area contributed by atoms with Gasteiger partial charge in [-0.1, -0.05) is 26.0 Å². The van der Waals surface area contributed by atoms with Crippen molar-refractivity contribution in [2.75, 3.05) is 32.1 Å². The van der Waals surface area contributed by atoms with Crippen LogP contribution >= 0.6 is 0 Å². The predicted molar refractivity (Wildman–Crippen MR) is 70.2 cm³/mol. The van der Waals surface area contributed by atoms with E-state index in [1.54, 1.807) is 0 Å². The van der Waals surface area contributed by atoms with Gasteiger partial charge in [-0.05, 0) is 23.1 Å². The first-order valence-corrected chi connectivity index (χ1v) is 5.99. The van der Waals surface area contributed by atoms with Crippen LogP contribution in [0.15, 0.2) is 24.3 Å². The minimum absolute atomic E-state index is 0.375. The second kappa shape index (κ2) is 4.10. The molecule has 1 heterocycles. The Morgan fingerprint density at radius 2 is 1.81 bits per heavy atom. The second-order valence-corrected chi connectivity index (χ2v) is 5.66. The third-order valence-electron chi connectivity index (χ3n) is 3.68. The molecule has 1 aliphatic heterocycles. The van der Waals surface area contributed by atoms with Crippen molar-refractivity contribution in [3.8, 4) is 0 Å². The van der Waals surface area contributed by atoms with Gasteiger partial charge in [0, 0.05) is 38.8 Å². The van der Waals surface area contributed by atoms with Crippen molar-refractivity contribution in [3.63, 3.8) is 0 Å². The highest BCUT2D eigenvalue weighted by atomic mass is 15.1. The van der Waals surface area contributed by atoms with Gasteiger partial charge in [-0.25, -0.2) is 0 Å². The standard InChI is InChI=1S/C14H22N2/c1-14(2)10-15-9-13(14)11-5-7-12(8-6-11)16(3)4/h5-8,13,15H,9-10H2,1-4H3. The number of benzene rings is 1. The third kappa shape index (κ3) is 2.07. The zero-order valence-electron chi connectivity index (χ0n) is 10.7. The van der Waals surface area contributed by atoms with Crippen LogP contribution in [0.2, 0.25) is 0 Å². The van der Waals surface area contributed by atoms with Crippen molar-refractivity contribution in [1.82, 2.24) is 5.32 Å². The van der Waals surface area contributed by atoms with Crippen LogP contribution in [0.1, 0.15) is 25.3 Å². The van der Waals surface area contributed by atoms with Gasteiger partial charge in [0.05, 0.1) is 0 Å². The summed E-state index contributed by atoms with van der Waals surface area (Å²) in [6, 6.07) is 8.97. The molecule has 2 heteroatoms. The Bertz CT molecular complexity index is 352. The number of nitrogens with zero attached hydrogens (tertiary/aromatic N) is 1. The Hall–Kier alpha value is -1.02. The molecule has 1 unspecified atom stereocenters. The minimum Gasteiger partial charge on any atom is -0.378 e. The van der Waals surface area contributed by atoms with Gasteiger partial charge in [-0.3, -0.25) is 0 Å². The summed E-state index contributed by atoms with van der Waals surface area (Å²) >= 11 is 0. The van der Waals surface area contributed by atoms with Gasteiger partial charge in [0.2, 0.25) is 0 Å². The molecule has 1 fully saturated rings. The molecule has 0 spiro atoms. The molecule has 0 aromatic heterocycles. The molecule has 16 heavy (non-hydrogen) atoms. The number of hydrogen-bond donors (Lipinski definition) is 1. The van der Waals surface area contributed by atoms with E-state index in [-0.39, 0.29) is 0 Å². The average Bonchev–Trinajstić information content (AvgIpc) is 2.58. The Labute approximate surface area is 98.7 Å². The summed E-state index contributed by atoms with van der Waals surface area (Å²) in [4.78, 5) is 2.14. The van der Waals surface area contributed by atoms with E-state index in [0.717, 1.165) is 13.1 Å². The van der Waals surface area contributed by atoms with Crippen molar-refractivity contribution in [2.24, 2.45) is 5.41 Å². The summed E-state index contributed by atoms with van der Waals surface area (Å²) in [5.41, 5.74) is 3.10. The molecule has 2 nitrogen and oxygen atoms in total. The molecular formula is C14H22N2. The summed E-state index contributed by atoms with van der Waals surface area (Å²) in [5.74, 6) is 0.642. The van der Waals surface area contributed by atoms with E-state index < -0.39 is 0 Å². The van der Waals surface area contributed by atoms with Crippen molar-refractivity contribution in [2.45, 2.75) is 19.8 Å². The van der Waals surface area contributed by atoms with Gasteiger partial charge in [0.25, 0.3) is 0 Å². The first kappa shape index (κ1) is 11.5. The maximum absolute atomic E-state index is 3.49. The summed E-state index contributed by atoms with van der Waals surface area (Å²) < 4.78 is 0. The van der Waals surface area contributed by atoms with Gasteiger partial charge < -0.3 is 10.2 Å². The lowest BCUT2D eigenvalue weighted by molar-refractivity contribution is 0.363. The van der Waals surface area contributed by atoms with E-state index >= 15 is 0 Å². The topological polar surface area (TPSA) is 15.3 Å². The number of nitrogens with one attached hydrogen (secondary N) is 1. The fourth-order valence-electron chi connectivity index (χ4n) is 2.51. The normalized spacial score (nSPS) is 23.4. The number of rotatable bonds is 2. The van der Waals surface area contributed by atoms with Gasteiger partial charge >= 0.3 is 0 Å². The van der Waals surface area contributed by atoms with E-state index in [1.165, 1.54) is 11.3 Å². The fourth-order valence-corrected chi connectivity index (χ4v) is 2.51. The lowest BCUT2D eigenvalue weighted by atomic mass is 9.78. The molecule has 0 bridgehead atoms. The second-order valence-electron chi connectivity index (χ2n) is 5.66. The predicted octanol–water partition coefficient (Wildman–Crippen LogP) is 2.47. The molecule has 1 saturated heterocycles. The van der Waals surface area contributed by atoms with Crippen LogP contribution in [0.3, 0.4) is 0 Å². The zero-order chi connectivity index (χ0) is 11.8. The first-order chi connectivity index (χ1) is 7.50.